The van der Waals surface area contributed by atoms with Crippen LogP contribution in [0.4, 0.5) is 8.78 Å². The maximum Gasteiger partial charge on any atom is 0.247 e. The molecule has 16 heavy (non-hydrogen) atoms. The van der Waals surface area contributed by atoms with Gasteiger partial charge in [-0.15, -0.1) is 0 Å². The van der Waals surface area contributed by atoms with Crippen LogP contribution in [0.15, 0.2) is 18.2 Å². The number of aryl methyl sites for hydroxylation is 3. The van der Waals surface area contributed by atoms with Crippen molar-refractivity contribution in [3.05, 3.63) is 34.9 Å². The van der Waals surface area contributed by atoms with Gasteiger partial charge >= 0.3 is 0 Å². The third-order valence-electron chi connectivity index (χ3n) is 3.22. The summed E-state index contributed by atoms with van der Waals surface area (Å²) in [4.78, 5) is 0. The molecule has 1 aromatic carbocycles. The van der Waals surface area contributed by atoms with E-state index in [0.717, 1.165) is 13.3 Å². The second-order valence-electron chi connectivity index (χ2n) is 4.83. The second kappa shape index (κ2) is 4.94. The van der Waals surface area contributed by atoms with E-state index >= 15 is 0 Å². The topological polar surface area (TPSA) is 0 Å². The van der Waals surface area contributed by atoms with E-state index in [1.54, 1.807) is 6.92 Å². The van der Waals surface area contributed by atoms with Crippen molar-refractivity contribution in [2.24, 2.45) is 5.92 Å². The molecule has 0 aliphatic carbocycles. The Morgan fingerprint density at radius 2 is 1.88 bits per heavy atom. The van der Waals surface area contributed by atoms with E-state index in [1.165, 1.54) is 16.7 Å². The van der Waals surface area contributed by atoms with Crippen LogP contribution in [0.25, 0.3) is 0 Å². The summed E-state index contributed by atoms with van der Waals surface area (Å²) in [7, 11) is 0. The standard InChI is InChI=1S/C14H20F2/c1-10-5-6-11(2)13(9-10)8-7-12(3)14(4,15)16/h5-6,9,12H,7-8H2,1-4H3. The van der Waals surface area contributed by atoms with E-state index in [1.807, 2.05) is 13.8 Å². The molecule has 0 bridgehead atoms. The molecule has 90 valence electrons. The Labute approximate surface area is 96.7 Å². The number of rotatable bonds is 4. The molecular formula is C14H20F2. The smallest absolute Gasteiger partial charge is 0.207 e. The fraction of sp³-hybridized carbons (Fsp3) is 0.571. The van der Waals surface area contributed by atoms with Crippen molar-refractivity contribution in [1.29, 1.82) is 0 Å². The molecule has 1 atom stereocenters. The summed E-state index contributed by atoms with van der Waals surface area (Å²) in [6, 6.07) is 6.20. The minimum atomic E-state index is -2.57. The largest absolute Gasteiger partial charge is 0.247 e. The summed E-state index contributed by atoms with van der Waals surface area (Å²) in [5.74, 6) is -3.13. The predicted molar refractivity (Wildman–Crippen MR) is 64.0 cm³/mol. The highest BCUT2D eigenvalue weighted by molar-refractivity contribution is 5.30. The third-order valence-corrected chi connectivity index (χ3v) is 3.22. The molecule has 1 rings (SSSR count). The molecule has 0 fully saturated rings. The lowest BCUT2D eigenvalue weighted by atomic mass is 9.94. The van der Waals surface area contributed by atoms with Crippen molar-refractivity contribution < 1.29 is 8.78 Å². The minimum Gasteiger partial charge on any atom is -0.207 e. The number of hydrogen-bond acceptors (Lipinski definition) is 0. The maximum atomic E-state index is 13.0. The molecule has 0 aromatic heterocycles. The van der Waals surface area contributed by atoms with Crippen LogP contribution in [0.1, 0.15) is 37.0 Å². The van der Waals surface area contributed by atoms with Crippen LogP contribution >= 0.6 is 0 Å². The van der Waals surface area contributed by atoms with Crippen LogP contribution in [0, 0.1) is 19.8 Å². The van der Waals surface area contributed by atoms with Gasteiger partial charge in [-0.1, -0.05) is 30.7 Å². The van der Waals surface area contributed by atoms with Crippen LogP contribution in [0.3, 0.4) is 0 Å². The summed E-state index contributed by atoms with van der Waals surface area (Å²) in [6.07, 6.45) is 1.27. The first kappa shape index (κ1) is 13.1. The van der Waals surface area contributed by atoms with Gasteiger partial charge in [0.05, 0.1) is 0 Å². The number of halogens is 2. The highest BCUT2D eigenvalue weighted by Crippen LogP contribution is 2.27. The van der Waals surface area contributed by atoms with Crippen molar-refractivity contribution in [1.82, 2.24) is 0 Å². The minimum absolute atomic E-state index is 0.536. The molecule has 0 saturated heterocycles. The molecule has 0 spiro atoms. The summed E-state index contributed by atoms with van der Waals surface area (Å²) < 4.78 is 26.0. The zero-order chi connectivity index (χ0) is 12.3. The normalized spacial score (nSPS) is 13.9. The van der Waals surface area contributed by atoms with Gasteiger partial charge in [0.15, 0.2) is 0 Å². The van der Waals surface area contributed by atoms with Gasteiger partial charge in [-0.2, -0.15) is 0 Å². The quantitative estimate of drug-likeness (QED) is 0.707. The van der Waals surface area contributed by atoms with Crippen molar-refractivity contribution in [2.45, 2.75) is 46.5 Å². The van der Waals surface area contributed by atoms with Crippen LogP contribution in [0.2, 0.25) is 0 Å². The third kappa shape index (κ3) is 3.58. The molecular weight excluding hydrogens is 206 g/mol. The molecule has 0 radical (unpaired) electrons. The monoisotopic (exact) mass is 226 g/mol. The lowest BCUT2D eigenvalue weighted by Crippen LogP contribution is -2.22. The summed E-state index contributed by atoms with van der Waals surface area (Å²) >= 11 is 0. The Bertz CT molecular complexity index is 350. The summed E-state index contributed by atoms with van der Waals surface area (Å²) in [5, 5.41) is 0. The zero-order valence-electron chi connectivity index (χ0n) is 10.5. The van der Waals surface area contributed by atoms with Crippen LogP contribution in [0.5, 0.6) is 0 Å². The van der Waals surface area contributed by atoms with Crippen molar-refractivity contribution in [3.8, 4) is 0 Å². The fourth-order valence-corrected chi connectivity index (χ4v) is 1.70. The molecule has 0 heterocycles. The first-order valence-corrected chi connectivity index (χ1v) is 5.74. The first-order valence-electron chi connectivity index (χ1n) is 5.74. The van der Waals surface area contributed by atoms with Gasteiger partial charge in [-0.3, -0.25) is 0 Å². The fourth-order valence-electron chi connectivity index (χ4n) is 1.70. The second-order valence-corrected chi connectivity index (χ2v) is 4.83. The van der Waals surface area contributed by atoms with Gasteiger partial charge in [-0.25, -0.2) is 8.78 Å². The van der Waals surface area contributed by atoms with E-state index in [2.05, 4.69) is 18.2 Å². The van der Waals surface area contributed by atoms with E-state index < -0.39 is 11.8 Å². The maximum absolute atomic E-state index is 13.0. The molecule has 0 saturated carbocycles. The average Bonchev–Trinajstić information content (AvgIpc) is 2.17. The first-order chi connectivity index (χ1) is 7.30. The van der Waals surface area contributed by atoms with Crippen molar-refractivity contribution in [3.63, 3.8) is 0 Å². The zero-order valence-corrected chi connectivity index (χ0v) is 10.5. The van der Waals surface area contributed by atoms with Crippen molar-refractivity contribution in [2.75, 3.05) is 0 Å². The van der Waals surface area contributed by atoms with Gasteiger partial charge in [0.25, 0.3) is 0 Å². The molecule has 0 amide bonds. The highest BCUT2D eigenvalue weighted by Gasteiger charge is 2.29. The van der Waals surface area contributed by atoms with Gasteiger partial charge in [0, 0.05) is 5.92 Å². The molecule has 1 unspecified atom stereocenters. The van der Waals surface area contributed by atoms with Crippen LogP contribution < -0.4 is 0 Å². The lowest BCUT2D eigenvalue weighted by Gasteiger charge is -2.19. The number of benzene rings is 1. The number of alkyl halides is 2. The Morgan fingerprint density at radius 3 is 2.44 bits per heavy atom. The van der Waals surface area contributed by atoms with E-state index in [4.69, 9.17) is 0 Å². The van der Waals surface area contributed by atoms with Gasteiger partial charge < -0.3 is 0 Å². The SMILES string of the molecule is Cc1ccc(C)c(CCC(C)C(C)(F)F)c1. The molecule has 0 aliphatic heterocycles. The molecule has 2 heteroatoms. The van der Waals surface area contributed by atoms with Gasteiger partial charge in [0.2, 0.25) is 5.92 Å². The number of hydrogen-bond donors (Lipinski definition) is 0. The summed E-state index contributed by atoms with van der Waals surface area (Å²) in [6.45, 7) is 6.68. The predicted octanol–water partition coefficient (Wildman–Crippen LogP) is 4.53. The van der Waals surface area contributed by atoms with E-state index in [9.17, 15) is 8.78 Å². The molecule has 0 N–H and O–H groups in total. The van der Waals surface area contributed by atoms with Crippen LogP contribution in [-0.2, 0) is 6.42 Å². The molecule has 0 nitrogen and oxygen atoms in total. The lowest BCUT2D eigenvalue weighted by molar-refractivity contribution is -0.0351. The molecule has 1 aromatic rings. The Kier molecular flexibility index (Phi) is 4.06. The Hall–Kier alpha value is -0.920. The highest BCUT2D eigenvalue weighted by atomic mass is 19.3. The summed E-state index contributed by atoms with van der Waals surface area (Å²) in [5.41, 5.74) is 3.57. The van der Waals surface area contributed by atoms with Crippen LogP contribution in [-0.4, -0.2) is 5.92 Å². The van der Waals surface area contributed by atoms with E-state index in [-0.39, 0.29) is 0 Å². The Morgan fingerprint density at radius 1 is 1.25 bits per heavy atom. The van der Waals surface area contributed by atoms with Gasteiger partial charge in [-0.05, 0) is 44.7 Å². The Balaban J connectivity index is 2.64. The molecule has 0 aliphatic rings. The average molecular weight is 226 g/mol. The van der Waals surface area contributed by atoms with E-state index in [0.29, 0.717) is 6.42 Å². The van der Waals surface area contributed by atoms with Crippen molar-refractivity contribution >= 4 is 0 Å². The van der Waals surface area contributed by atoms with Gasteiger partial charge in [0.1, 0.15) is 0 Å².